The van der Waals surface area contributed by atoms with Crippen LogP contribution in [0, 0.1) is 13.8 Å². The Labute approximate surface area is 212 Å². The number of benzene rings is 3. The van der Waals surface area contributed by atoms with Gasteiger partial charge in [0.25, 0.3) is 0 Å². The Hall–Kier alpha value is -4.11. The first-order valence-corrected chi connectivity index (χ1v) is 12.3. The van der Waals surface area contributed by atoms with E-state index in [9.17, 15) is 9.90 Å². The molecule has 180 valence electrons. The summed E-state index contributed by atoms with van der Waals surface area (Å²) in [6, 6.07) is 26.6. The molecule has 3 aromatic carbocycles. The molecule has 3 heteroatoms. The van der Waals surface area contributed by atoms with Gasteiger partial charge in [0, 0.05) is 34.6 Å². The summed E-state index contributed by atoms with van der Waals surface area (Å²) in [6.07, 6.45) is 2.52. The fraction of sp³-hybridized carbons (Fsp3) is 0.182. The number of carbonyl (C=O) groups is 1. The van der Waals surface area contributed by atoms with Crippen LogP contribution >= 0.6 is 0 Å². The summed E-state index contributed by atoms with van der Waals surface area (Å²) in [6.45, 7) is 10.7. The van der Waals surface area contributed by atoms with Crippen LogP contribution in [0.5, 0.6) is 0 Å². The predicted molar refractivity (Wildman–Crippen MR) is 148 cm³/mol. The lowest BCUT2D eigenvalue weighted by Gasteiger charge is -2.34. The highest BCUT2D eigenvalue weighted by atomic mass is 16.3. The first-order valence-electron chi connectivity index (χ1n) is 12.3. The number of hydrogen-bond donors (Lipinski definition) is 1. The third kappa shape index (κ3) is 3.63. The summed E-state index contributed by atoms with van der Waals surface area (Å²) in [4.78, 5) is 13.5. The molecule has 1 N–H and O–H groups in total. The molecule has 0 spiro atoms. The molecule has 1 aromatic heterocycles. The number of hydrogen-bond acceptors (Lipinski definition) is 2. The third-order valence-electron chi connectivity index (χ3n) is 7.78. The van der Waals surface area contributed by atoms with Gasteiger partial charge in [0.1, 0.15) is 5.76 Å². The summed E-state index contributed by atoms with van der Waals surface area (Å²) in [5.41, 5.74) is 7.39. The van der Waals surface area contributed by atoms with Crippen molar-refractivity contribution < 1.29 is 9.90 Å². The van der Waals surface area contributed by atoms with Gasteiger partial charge in [-0.05, 0) is 54.7 Å². The highest BCUT2D eigenvalue weighted by molar-refractivity contribution is 6.40. The van der Waals surface area contributed by atoms with Crippen molar-refractivity contribution in [2.45, 2.75) is 32.6 Å². The molecule has 4 aromatic rings. The van der Waals surface area contributed by atoms with Crippen LogP contribution in [0.25, 0.3) is 16.5 Å². The highest BCUT2D eigenvalue weighted by Crippen LogP contribution is 2.44. The molecule has 5 rings (SSSR count). The van der Waals surface area contributed by atoms with E-state index in [1.807, 2.05) is 68.6 Å². The SMILES string of the molecule is C=C(/C=C1\C(=O)C(c2c(C)n(C)c3ccccc23)=C1O)C(C)(Cc1ccccc1)c1ccccc1C. The average Bonchev–Trinajstić information content (AvgIpc) is 3.13. The second kappa shape index (κ2) is 8.83. The van der Waals surface area contributed by atoms with Crippen LogP contribution in [0.3, 0.4) is 0 Å². The zero-order chi connectivity index (χ0) is 25.6. The van der Waals surface area contributed by atoms with Crippen LogP contribution in [-0.4, -0.2) is 15.5 Å². The molecule has 1 atom stereocenters. The Morgan fingerprint density at radius 1 is 0.972 bits per heavy atom. The average molecular weight is 474 g/mol. The number of aryl methyl sites for hydroxylation is 2. The second-order valence-electron chi connectivity index (χ2n) is 9.98. The summed E-state index contributed by atoms with van der Waals surface area (Å²) in [7, 11) is 1.98. The summed E-state index contributed by atoms with van der Waals surface area (Å²) >= 11 is 0. The first kappa shape index (κ1) is 23.6. The standard InChI is InChI=1S/C33H31NO2/c1-21-13-9-11-17-27(21)33(4,20-24-14-7-6-8-15-24)22(2)19-26-31(35)30(32(26)36)29-23(3)34(5)28-18-12-10-16-25(28)29/h6-19,35H,2,20H2,1,3-5H3/b26-19-. The van der Waals surface area contributed by atoms with E-state index in [0.29, 0.717) is 11.1 Å². The molecule has 0 fully saturated rings. The largest absolute Gasteiger partial charge is 0.506 e. The maximum Gasteiger partial charge on any atom is 0.201 e. The minimum absolute atomic E-state index is 0.0486. The van der Waals surface area contributed by atoms with Crippen LogP contribution in [0.4, 0.5) is 0 Å². The maximum atomic E-state index is 13.5. The number of Topliss-reactive ketones (excluding diaryl/α,β-unsaturated/α-hetero) is 1. The van der Waals surface area contributed by atoms with Gasteiger partial charge in [-0.15, -0.1) is 0 Å². The van der Waals surface area contributed by atoms with Gasteiger partial charge in [-0.25, -0.2) is 0 Å². The van der Waals surface area contributed by atoms with Crippen LogP contribution < -0.4 is 0 Å². The van der Waals surface area contributed by atoms with Gasteiger partial charge in [0.2, 0.25) is 5.78 Å². The number of aromatic nitrogens is 1. The minimum atomic E-state index is -0.453. The number of rotatable bonds is 6. The monoisotopic (exact) mass is 473 g/mol. The van der Waals surface area contributed by atoms with E-state index >= 15 is 0 Å². The van der Waals surface area contributed by atoms with Crippen molar-refractivity contribution >= 4 is 22.3 Å². The molecular formula is C33H31NO2. The lowest BCUT2D eigenvalue weighted by atomic mass is 9.69. The Morgan fingerprint density at radius 2 is 1.61 bits per heavy atom. The molecule has 0 saturated carbocycles. The summed E-state index contributed by atoms with van der Waals surface area (Å²) in [5, 5.41) is 12.1. The number of carbonyl (C=O) groups excluding carboxylic acids is 1. The van der Waals surface area contributed by atoms with Crippen molar-refractivity contribution in [1.82, 2.24) is 4.57 Å². The first-order chi connectivity index (χ1) is 17.2. The van der Waals surface area contributed by atoms with Gasteiger partial charge < -0.3 is 9.67 Å². The van der Waals surface area contributed by atoms with Gasteiger partial charge in [0.05, 0.1) is 11.1 Å². The lowest BCUT2D eigenvalue weighted by Crippen LogP contribution is -2.29. The minimum Gasteiger partial charge on any atom is -0.506 e. The summed E-state index contributed by atoms with van der Waals surface area (Å²) in [5.74, 6) is -0.0904. The van der Waals surface area contributed by atoms with Crippen molar-refractivity contribution in [2.75, 3.05) is 0 Å². The van der Waals surface area contributed by atoms with Gasteiger partial charge >= 0.3 is 0 Å². The zero-order valence-electron chi connectivity index (χ0n) is 21.3. The molecule has 1 heterocycles. The number of aliphatic hydroxyl groups is 1. The molecule has 0 bridgehead atoms. The number of nitrogens with zero attached hydrogens (tertiary/aromatic N) is 1. The zero-order valence-corrected chi connectivity index (χ0v) is 21.3. The lowest BCUT2D eigenvalue weighted by molar-refractivity contribution is -0.111. The van der Waals surface area contributed by atoms with E-state index in [1.54, 1.807) is 6.08 Å². The smallest absolute Gasteiger partial charge is 0.201 e. The molecule has 36 heavy (non-hydrogen) atoms. The van der Waals surface area contributed by atoms with Crippen molar-refractivity contribution in [3.63, 3.8) is 0 Å². The molecule has 1 aliphatic carbocycles. The van der Waals surface area contributed by atoms with Crippen molar-refractivity contribution in [3.05, 3.63) is 136 Å². The molecule has 1 unspecified atom stereocenters. The number of ketones is 1. The fourth-order valence-corrected chi connectivity index (χ4v) is 5.54. The van der Waals surface area contributed by atoms with Crippen LogP contribution in [-0.2, 0) is 23.7 Å². The van der Waals surface area contributed by atoms with E-state index in [-0.39, 0.29) is 11.5 Å². The highest BCUT2D eigenvalue weighted by Gasteiger charge is 2.39. The fourth-order valence-electron chi connectivity index (χ4n) is 5.54. The third-order valence-corrected chi connectivity index (χ3v) is 7.78. The van der Waals surface area contributed by atoms with Crippen molar-refractivity contribution in [1.29, 1.82) is 0 Å². The topological polar surface area (TPSA) is 42.2 Å². The predicted octanol–water partition coefficient (Wildman–Crippen LogP) is 7.33. The Balaban J connectivity index is 1.59. The Morgan fingerprint density at radius 3 is 2.31 bits per heavy atom. The number of fused-ring (bicyclic) bond motifs is 1. The molecular weight excluding hydrogens is 442 g/mol. The van der Waals surface area contributed by atoms with E-state index in [0.717, 1.165) is 39.7 Å². The van der Waals surface area contributed by atoms with Crippen molar-refractivity contribution in [2.24, 2.45) is 7.05 Å². The van der Waals surface area contributed by atoms with Crippen LogP contribution in [0.1, 0.15) is 34.9 Å². The van der Waals surface area contributed by atoms with E-state index < -0.39 is 5.41 Å². The molecule has 0 aliphatic heterocycles. The van der Waals surface area contributed by atoms with E-state index in [1.165, 1.54) is 11.1 Å². The van der Waals surface area contributed by atoms with Gasteiger partial charge in [0.15, 0.2) is 0 Å². The van der Waals surface area contributed by atoms with Crippen LogP contribution in [0.2, 0.25) is 0 Å². The van der Waals surface area contributed by atoms with Gasteiger partial charge in [-0.1, -0.05) is 86.3 Å². The van der Waals surface area contributed by atoms with E-state index in [4.69, 9.17) is 0 Å². The number of aliphatic hydroxyl groups excluding tert-OH is 1. The number of allylic oxidation sites excluding steroid dienone is 4. The molecule has 3 nitrogen and oxygen atoms in total. The van der Waals surface area contributed by atoms with Crippen LogP contribution in [0.15, 0.2) is 108 Å². The maximum absolute atomic E-state index is 13.5. The Bertz CT molecular complexity index is 1580. The molecule has 0 radical (unpaired) electrons. The quantitative estimate of drug-likeness (QED) is 0.298. The summed E-state index contributed by atoms with van der Waals surface area (Å²) < 4.78 is 2.06. The number of para-hydroxylation sites is 1. The normalized spacial score (nSPS) is 16.3. The molecule has 0 amide bonds. The molecule has 0 saturated heterocycles. The molecule has 1 aliphatic rings. The van der Waals surface area contributed by atoms with Gasteiger partial charge in [-0.3, -0.25) is 4.79 Å². The Kier molecular flexibility index (Phi) is 5.80. The van der Waals surface area contributed by atoms with Crippen molar-refractivity contribution in [3.8, 4) is 0 Å². The second-order valence-corrected chi connectivity index (χ2v) is 9.98. The van der Waals surface area contributed by atoms with E-state index in [2.05, 4.69) is 49.3 Å². The van der Waals surface area contributed by atoms with Gasteiger partial charge in [-0.2, -0.15) is 0 Å².